The molecule has 1 heterocycles. The van der Waals surface area contributed by atoms with Gasteiger partial charge < -0.3 is 20.5 Å². The summed E-state index contributed by atoms with van der Waals surface area (Å²) in [5.74, 6) is -0.468. The van der Waals surface area contributed by atoms with Crippen LogP contribution in [0.25, 0.3) is 0 Å². The summed E-state index contributed by atoms with van der Waals surface area (Å²) in [6.07, 6.45) is 2.37. The van der Waals surface area contributed by atoms with E-state index in [1.807, 2.05) is 0 Å². The van der Waals surface area contributed by atoms with Gasteiger partial charge in [-0.2, -0.15) is 0 Å². The zero-order valence-corrected chi connectivity index (χ0v) is 11.6. The van der Waals surface area contributed by atoms with Gasteiger partial charge >= 0.3 is 11.9 Å². The van der Waals surface area contributed by atoms with Crippen molar-refractivity contribution in [3.05, 3.63) is 10.4 Å². The molecule has 1 saturated carbocycles. The maximum atomic E-state index is 11.8. The van der Waals surface area contributed by atoms with Crippen LogP contribution in [0.15, 0.2) is 0 Å². The highest BCUT2D eigenvalue weighted by molar-refractivity contribution is 7.19. The van der Waals surface area contributed by atoms with E-state index in [0.717, 1.165) is 17.9 Å². The van der Waals surface area contributed by atoms with Gasteiger partial charge in [0.15, 0.2) is 0 Å². The predicted molar refractivity (Wildman–Crippen MR) is 72.6 cm³/mol. The first kappa shape index (κ1) is 13.7. The van der Waals surface area contributed by atoms with Gasteiger partial charge in [0.1, 0.15) is 15.4 Å². The number of carbonyl (C=O) groups excluding carboxylic acids is 2. The number of nitrogen functional groups attached to an aromatic ring is 1. The molecule has 0 aromatic carbocycles. The van der Waals surface area contributed by atoms with Crippen molar-refractivity contribution in [3.8, 4) is 0 Å². The summed E-state index contributed by atoms with van der Waals surface area (Å²) < 4.78 is 9.35. The third-order valence-electron chi connectivity index (χ3n) is 2.95. The Balaban J connectivity index is 2.31. The summed E-state index contributed by atoms with van der Waals surface area (Å²) in [6, 6.07) is 0. The quantitative estimate of drug-likeness (QED) is 0.800. The Morgan fingerprint density at radius 3 is 2.47 bits per heavy atom. The second-order valence-corrected chi connectivity index (χ2v) is 5.38. The van der Waals surface area contributed by atoms with Crippen LogP contribution in [0.5, 0.6) is 0 Å². The monoisotopic (exact) mass is 284 g/mol. The Hall–Kier alpha value is -1.76. The number of rotatable bonds is 5. The SMILES string of the molecule is COC(=O)c1sc(NCC2CC2)c(C(=O)OC)c1N. The van der Waals surface area contributed by atoms with E-state index in [0.29, 0.717) is 10.9 Å². The molecule has 0 radical (unpaired) electrons. The highest BCUT2D eigenvalue weighted by atomic mass is 32.1. The van der Waals surface area contributed by atoms with Crippen molar-refractivity contribution in [1.29, 1.82) is 0 Å². The summed E-state index contributed by atoms with van der Waals surface area (Å²) in [6.45, 7) is 0.768. The molecule has 1 aliphatic rings. The maximum absolute atomic E-state index is 11.8. The lowest BCUT2D eigenvalue weighted by atomic mass is 10.2. The predicted octanol–water partition coefficient (Wildman–Crippen LogP) is 1.73. The number of thiophene rings is 1. The van der Waals surface area contributed by atoms with Gasteiger partial charge in [0.05, 0.1) is 19.9 Å². The van der Waals surface area contributed by atoms with Crippen LogP contribution < -0.4 is 11.1 Å². The number of carbonyl (C=O) groups is 2. The molecule has 104 valence electrons. The van der Waals surface area contributed by atoms with Crippen LogP contribution in [0.3, 0.4) is 0 Å². The minimum absolute atomic E-state index is 0.113. The van der Waals surface area contributed by atoms with Crippen molar-refractivity contribution >= 4 is 34.0 Å². The third kappa shape index (κ3) is 2.81. The number of esters is 2. The lowest BCUT2D eigenvalue weighted by molar-refractivity contribution is 0.0602. The zero-order chi connectivity index (χ0) is 14.0. The first-order valence-corrected chi connectivity index (χ1v) is 6.72. The first-order chi connectivity index (χ1) is 9.08. The number of nitrogens with one attached hydrogen (secondary N) is 1. The van der Waals surface area contributed by atoms with Gasteiger partial charge in [0.2, 0.25) is 0 Å². The molecule has 0 aliphatic heterocycles. The average molecular weight is 284 g/mol. The van der Waals surface area contributed by atoms with E-state index in [2.05, 4.69) is 10.1 Å². The van der Waals surface area contributed by atoms with E-state index < -0.39 is 11.9 Å². The molecule has 2 rings (SSSR count). The van der Waals surface area contributed by atoms with E-state index >= 15 is 0 Å². The number of nitrogens with two attached hydrogens (primary N) is 1. The Bertz CT molecular complexity index is 508. The van der Waals surface area contributed by atoms with Crippen LogP contribution in [-0.4, -0.2) is 32.7 Å². The number of ether oxygens (including phenoxy) is 2. The summed E-state index contributed by atoms with van der Waals surface area (Å²) >= 11 is 1.12. The van der Waals surface area contributed by atoms with Gasteiger partial charge in [0, 0.05) is 6.54 Å². The molecule has 0 unspecified atom stereocenters. The van der Waals surface area contributed by atoms with Crippen LogP contribution in [0, 0.1) is 5.92 Å². The van der Waals surface area contributed by atoms with E-state index in [1.54, 1.807) is 0 Å². The van der Waals surface area contributed by atoms with Gasteiger partial charge in [-0.05, 0) is 18.8 Å². The van der Waals surface area contributed by atoms with Crippen LogP contribution in [0.2, 0.25) is 0 Å². The second-order valence-electron chi connectivity index (χ2n) is 4.36. The standard InChI is InChI=1S/C12H16N2O4S/c1-17-11(15)7-8(13)9(12(16)18-2)19-10(7)14-5-6-3-4-6/h6,14H,3-5,13H2,1-2H3. The minimum atomic E-state index is -0.554. The molecule has 0 saturated heterocycles. The van der Waals surface area contributed by atoms with Crippen LogP contribution in [0.1, 0.15) is 32.9 Å². The van der Waals surface area contributed by atoms with Gasteiger partial charge in [-0.25, -0.2) is 9.59 Å². The Kier molecular flexibility index (Phi) is 3.94. The summed E-state index contributed by atoms with van der Waals surface area (Å²) in [5, 5.41) is 3.73. The molecular weight excluding hydrogens is 268 g/mol. The summed E-state index contributed by atoms with van der Waals surface area (Å²) in [4.78, 5) is 23.6. The minimum Gasteiger partial charge on any atom is -0.465 e. The lowest BCUT2D eigenvalue weighted by Gasteiger charge is -2.05. The number of anilines is 2. The fourth-order valence-electron chi connectivity index (χ4n) is 1.68. The molecule has 1 aromatic heterocycles. The lowest BCUT2D eigenvalue weighted by Crippen LogP contribution is -2.10. The summed E-state index contributed by atoms with van der Waals surface area (Å²) in [5.41, 5.74) is 6.18. The van der Waals surface area contributed by atoms with Crippen LogP contribution in [-0.2, 0) is 9.47 Å². The molecule has 1 aliphatic carbocycles. The van der Waals surface area contributed by atoms with E-state index in [9.17, 15) is 9.59 Å². The third-order valence-corrected chi connectivity index (χ3v) is 4.10. The maximum Gasteiger partial charge on any atom is 0.350 e. The Labute approximate surface area is 114 Å². The molecule has 19 heavy (non-hydrogen) atoms. The second kappa shape index (κ2) is 5.48. The van der Waals surface area contributed by atoms with Crippen molar-refractivity contribution < 1.29 is 19.1 Å². The molecule has 7 heteroatoms. The van der Waals surface area contributed by atoms with Gasteiger partial charge in [0.25, 0.3) is 0 Å². The number of hydrogen-bond acceptors (Lipinski definition) is 7. The van der Waals surface area contributed by atoms with Crippen LogP contribution >= 0.6 is 11.3 Å². The van der Waals surface area contributed by atoms with E-state index in [-0.39, 0.29) is 16.1 Å². The molecule has 0 amide bonds. The van der Waals surface area contributed by atoms with Crippen molar-refractivity contribution in [1.82, 2.24) is 0 Å². The van der Waals surface area contributed by atoms with Crippen molar-refractivity contribution in [2.75, 3.05) is 31.8 Å². The van der Waals surface area contributed by atoms with Crippen molar-refractivity contribution in [3.63, 3.8) is 0 Å². The van der Waals surface area contributed by atoms with Gasteiger partial charge in [-0.15, -0.1) is 11.3 Å². The molecule has 3 N–H and O–H groups in total. The van der Waals surface area contributed by atoms with E-state index in [1.165, 1.54) is 27.1 Å². The summed E-state index contributed by atoms with van der Waals surface area (Å²) in [7, 11) is 2.55. The number of hydrogen-bond donors (Lipinski definition) is 2. The molecular formula is C12H16N2O4S. The Morgan fingerprint density at radius 1 is 1.32 bits per heavy atom. The number of methoxy groups -OCH3 is 2. The first-order valence-electron chi connectivity index (χ1n) is 5.91. The normalized spacial score (nSPS) is 14.0. The largest absolute Gasteiger partial charge is 0.465 e. The van der Waals surface area contributed by atoms with Crippen molar-refractivity contribution in [2.24, 2.45) is 5.92 Å². The van der Waals surface area contributed by atoms with E-state index in [4.69, 9.17) is 10.5 Å². The van der Waals surface area contributed by atoms with Crippen molar-refractivity contribution in [2.45, 2.75) is 12.8 Å². The average Bonchev–Trinajstić information content (AvgIpc) is 3.18. The molecule has 6 nitrogen and oxygen atoms in total. The van der Waals surface area contributed by atoms with Gasteiger partial charge in [-0.3, -0.25) is 0 Å². The Morgan fingerprint density at radius 2 is 1.95 bits per heavy atom. The van der Waals surface area contributed by atoms with Gasteiger partial charge in [-0.1, -0.05) is 0 Å². The molecule has 0 spiro atoms. The highest BCUT2D eigenvalue weighted by Gasteiger charge is 2.28. The molecule has 0 bridgehead atoms. The molecule has 0 atom stereocenters. The van der Waals surface area contributed by atoms with Crippen LogP contribution in [0.4, 0.5) is 10.7 Å². The molecule has 1 fully saturated rings. The topological polar surface area (TPSA) is 90.6 Å². The fourth-order valence-corrected chi connectivity index (χ4v) is 2.71. The molecule has 1 aromatic rings. The fraction of sp³-hybridized carbons (Fsp3) is 0.500. The smallest absolute Gasteiger partial charge is 0.350 e. The zero-order valence-electron chi connectivity index (χ0n) is 10.8. The highest BCUT2D eigenvalue weighted by Crippen LogP contribution is 2.38.